The van der Waals surface area contributed by atoms with Gasteiger partial charge in [0.2, 0.25) is 5.91 Å². The second-order valence-corrected chi connectivity index (χ2v) is 6.81. The van der Waals surface area contributed by atoms with Crippen LogP contribution in [0.15, 0.2) is 48.5 Å². The minimum absolute atomic E-state index is 0.00447. The van der Waals surface area contributed by atoms with Crippen molar-refractivity contribution in [2.75, 3.05) is 32.1 Å². The summed E-state index contributed by atoms with van der Waals surface area (Å²) < 4.78 is 7.16. The number of piperidine rings is 1. The smallest absolute Gasteiger partial charge is 0.238 e. The molecule has 1 fully saturated rings. The van der Waals surface area contributed by atoms with Gasteiger partial charge < -0.3 is 10.1 Å². The van der Waals surface area contributed by atoms with Crippen LogP contribution in [0.25, 0.3) is 11.0 Å². The van der Waals surface area contributed by atoms with Gasteiger partial charge >= 0.3 is 0 Å². The Hall–Kier alpha value is -2.93. The summed E-state index contributed by atoms with van der Waals surface area (Å²) in [5.74, 6) is 0.778. The molecule has 2 heterocycles. The van der Waals surface area contributed by atoms with Gasteiger partial charge in [-0.25, -0.2) is 4.68 Å². The molecule has 140 valence electrons. The van der Waals surface area contributed by atoms with Crippen molar-refractivity contribution in [3.8, 4) is 5.75 Å². The summed E-state index contributed by atoms with van der Waals surface area (Å²) in [6.07, 6.45) is 1.92. The number of aromatic nitrogens is 3. The molecule has 3 aromatic rings. The normalized spacial score (nSPS) is 15.7. The molecule has 1 saturated heterocycles. The average molecular weight is 365 g/mol. The zero-order chi connectivity index (χ0) is 18.6. The molecule has 0 spiro atoms. The SMILES string of the molecule is COc1ccc(NC(=O)CN2CCC(n3nnc4ccccc43)CC2)cc1. The summed E-state index contributed by atoms with van der Waals surface area (Å²) >= 11 is 0. The van der Waals surface area contributed by atoms with Crippen LogP contribution in [-0.4, -0.2) is 52.5 Å². The fraction of sp³-hybridized carbons (Fsp3) is 0.350. The van der Waals surface area contributed by atoms with Gasteiger partial charge in [-0.05, 0) is 49.2 Å². The number of nitrogens with one attached hydrogen (secondary N) is 1. The van der Waals surface area contributed by atoms with Crippen LogP contribution < -0.4 is 10.1 Å². The Morgan fingerprint density at radius 1 is 1.15 bits per heavy atom. The first-order valence-electron chi connectivity index (χ1n) is 9.19. The highest BCUT2D eigenvalue weighted by Gasteiger charge is 2.24. The number of hydrogen-bond acceptors (Lipinski definition) is 5. The number of fused-ring (bicyclic) bond motifs is 1. The van der Waals surface area contributed by atoms with Crippen molar-refractivity contribution >= 4 is 22.6 Å². The molecule has 7 heteroatoms. The standard InChI is InChI=1S/C20H23N5O2/c1-27-17-8-6-15(7-9-17)21-20(26)14-24-12-10-16(11-13-24)25-19-5-3-2-4-18(19)22-23-25/h2-9,16H,10-14H2,1H3,(H,21,26). The highest BCUT2D eigenvalue weighted by atomic mass is 16.5. The number of likely N-dealkylation sites (tertiary alicyclic amines) is 1. The number of hydrogen-bond donors (Lipinski definition) is 1. The van der Waals surface area contributed by atoms with Crippen LogP contribution in [0.5, 0.6) is 5.75 Å². The topological polar surface area (TPSA) is 72.3 Å². The van der Waals surface area contributed by atoms with Gasteiger partial charge in [0.25, 0.3) is 0 Å². The number of ether oxygens (including phenoxy) is 1. The molecule has 0 unspecified atom stereocenters. The summed E-state index contributed by atoms with van der Waals surface area (Å²) in [6.45, 7) is 2.14. The summed E-state index contributed by atoms with van der Waals surface area (Å²) in [5.41, 5.74) is 2.79. The molecule has 1 aromatic heterocycles. The number of anilines is 1. The lowest BCUT2D eigenvalue weighted by Gasteiger charge is -2.31. The van der Waals surface area contributed by atoms with Gasteiger partial charge in [-0.15, -0.1) is 5.10 Å². The maximum absolute atomic E-state index is 12.3. The highest BCUT2D eigenvalue weighted by Crippen LogP contribution is 2.25. The Balaban J connectivity index is 1.30. The maximum atomic E-state index is 12.3. The van der Waals surface area contributed by atoms with Gasteiger partial charge in [0.15, 0.2) is 0 Å². The number of amides is 1. The van der Waals surface area contributed by atoms with Gasteiger partial charge in [-0.1, -0.05) is 17.3 Å². The minimum atomic E-state index is 0.00447. The third kappa shape index (κ3) is 3.93. The number of para-hydroxylation sites is 1. The molecule has 0 radical (unpaired) electrons. The molecular formula is C20H23N5O2. The van der Waals surface area contributed by atoms with E-state index in [1.165, 1.54) is 0 Å². The van der Waals surface area contributed by atoms with E-state index in [0.29, 0.717) is 12.6 Å². The molecule has 27 heavy (non-hydrogen) atoms. The summed E-state index contributed by atoms with van der Waals surface area (Å²) in [4.78, 5) is 14.5. The second kappa shape index (κ2) is 7.75. The first kappa shape index (κ1) is 17.5. The molecule has 1 amide bonds. The molecular weight excluding hydrogens is 342 g/mol. The van der Waals surface area contributed by atoms with E-state index in [2.05, 4.69) is 26.6 Å². The minimum Gasteiger partial charge on any atom is -0.497 e. The number of carbonyl (C=O) groups is 1. The quantitative estimate of drug-likeness (QED) is 0.753. The molecule has 1 aliphatic rings. The van der Waals surface area contributed by atoms with Crippen molar-refractivity contribution in [3.63, 3.8) is 0 Å². The van der Waals surface area contributed by atoms with E-state index in [1.54, 1.807) is 7.11 Å². The van der Waals surface area contributed by atoms with Crippen LogP contribution in [-0.2, 0) is 4.79 Å². The lowest BCUT2D eigenvalue weighted by molar-refractivity contribution is -0.117. The molecule has 0 aliphatic carbocycles. The van der Waals surface area contributed by atoms with Crippen LogP contribution in [0.4, 0.5) is 5.69 Å². The predicted octanol–water partition coefficient (Wildman–Crippen LogP) is 2.72. The van der Waals surface area contributed by atoms with E-state index in [0.717, 1.165) is 48.4 Å². The summed E-state index contributed by atoms with van der Waals surface area (Å²) in [6, 6.07) is 15.7. The summed E-state index contributed by atoms with van der Waals surface area (Å²) in [7, 11) is 1.62. The molecule has 7 nitrogen and oxygen atoms in total. The van der Waals surface area contributed by atoms with Crippen LogP contribution >= 0.6 is 0 Å². The Morgan fingerprint density at radius 3 is 2.63 bits per heavy atom. The van der Waals surface area contributed by atoms with E-state index >= 15 is 0 Å². The molecule has 0 bridgehead atoms. The number of rotatable bonds is 5. The van der Waals surface area contributed by atoms with Crippen LogP contribution in [0, 0.1) is 0 Å². The van der Waals surface area contributed by atoms with Crippen molar-refractivity contribution in [2.45, 2.75) is 18.9 Å². The second-order valence-electron chi connectivity index (χ2n) is 6.81. The van der Waals surface area contributed by atoms with Gasteiger partial charge in [0.1, 0.15) is 11.3 Å². The van der Waals surface area contributed by atoms with Crippen LogP contribution in [0.2, 0.25) is 0 Å². The predicted molar refractivity (Wildman–Crippen MR) is 104 cm³/mol. The van der Waals surface area contributed by atoms with Crippen molar-refractivity contribution in [1.82, 2.24) is 19.9 Å². The highest BCUT2D eigenvalue weighted by molar-refractivity contribution is 5.92. The molecule has 1 aliphatic heterocycles. The monoisotopic (exact) mass is 365 g/mol. The fourth-order valence-corrected chi connectivity index (χ4v) is 3.56. The fourth-order valence-electron chi connectivity index (χ4n) is 3.56. The molecule has 1 N–H and O–H groups in total. The molecule has 0 atom stereocenters. The van der Waals surface area contributed by atoms with Crippen LogP contribution in [0.3, 0.4) is 0 Å². The number of methoxy groups -OCH3 is 1. The Kier molecular flexibility index (Phi) is 5.02. The van der Waals surface area contributed by atoms with Gasteiger partial charge in [-0.3, -0.25) is 9.69 Å². The van der Waals surface area contributed by atoms with Crippen molar-refractivity contribution in [3.05, 3.63) is 48.5 Å². The zero-order valence-corrected chi connectivity index (χ0v) is 15.3. The molecule has 0 saturated carbocycles. The summed E-state index contributed by atoms with van der Waals surface area (Å²) in [5, 5.41) is 11.5. The first-order valence-corrected chi connectivity index (χ1v) is 9.19. The third-order valence-electron chi connectivity index (χ3n) is 5.02. The lowest BCUT2D eigenvalue weighted by Crippen LogP contribution is -2.39. The van der Waals surface area contributed by atoms with E-state index in [9.17, 15) is 4.79 Å². The van der Waals surface area contributed by atoms with E-state index in [-0.39, 0.29) is 5.91 Å². The molecule has 2 aromatic carbocycles. The lowest BCUT2D eigenvalue weighted by atomic mass is 10.0. The Bertz CT molecular complexity index is 914. The average Bonchev–Trinajstić information content (AvgIpc) is 3.13. The Labute approximate surface area is 157 Å². The Morgan fingerprint density at radius 2 is 1.89 bits per heavy atom. The van der Waals surface area contributed by atoms with Gasteiger partial charge in [0.05, 0.1) is 25.2 Å². The number of nitrogens with zero attached hydrogens (tertiary/aromatic N) is 4. The van der Waals surface area contributed by atoms with Crippen LogP contribution in [0.1, 0.15) is 18.9 Å². The van der Waals surface area contributed by atoms with Crippen molar-refractivity contribution in [2.24, 2.45) is 0 Å². The first-order chi connectivity index (χ1) is 13.2. The van der Waals surface area contributed by atoms with Gasteiger partial charge in [0, 0.05) is 18.8 Å². The van der Waals surface area contributed by atoms with Crippen molar-refractivity contribution in [1.29, 1.82) is 0 Å². The largest absolute Gasteiger partial charge is 0.497 e. The maximum Gasteiger partial charge on any atom is 0.238 e. The van der Waals surface area contributed by atoms with E-state index in [4.69, 9.17) is 4.74 Å². The van der Waals surface area contributed by atoms with Gasteiger partial charge in [-0.2, -0.15) is 0 Å². The third-order valence-corrected chi connectivity index (χ3v) is 5.02. The van der Waals surface area contributed by atoms with E-state index < -0.39 is 0 Å². The number of carbonyl (C=O) groups excluding carboxylic acids is 1. The number of benzene rings is 2. The zero-order valence-electron chi connectivity index (χ0n) is 15.3. The van der Waals surface area contributed by atoms with E-state index in [1.807, 2.05) is 47.1 Å². The molecule has 4 rings (SSSR count). The van der Waals surface area contributed by atoms with Crippen molar-refractivity contribution < 1.29 is 9.53 Å².